The summed E-state index contributed by atoms with van der Waals surface area (Å²) < 4.78 is 4.97. The summed E-state index contributed by atoms with van der Waals surface area (Å²) in [6, 6.07) is 6.39. The van der Waals surface area contributed by atoms with Gasteiger partial charge in [-0.3, -0.25) is 25.2 Å². The Morgan fingerprint density at radius 1 is 1.14 bits per heavy atom. The van der Waals surface area contributed by atoms with Crippen LogP contribution >= 0.6 is 0 Å². The lowest BCUT2D eigenvalue weighted by molar-refractivity contribution is -0.138. The summed E-state index contributed by atoms with van der Waals surface area (Å²) in [5, 5.41) is 8.59. The molecule has 3 N–H and O–H groups in total. The van der Waals surface area contributed by atoms with Crippen molar-refractivity contribution in [2.75, 3.05) is 7.11 Å². The van der Waals surface area contributed by atoms with Gasteiger partial charge < -0.3 is 9.84 Å². The Morgan fingerprint density at radius 3 is 2.29 bits per heavy atom. The van der Waals surface area contributed by atoms with Gasteiger partial charge in [0.1, 0.15) is 5.75 Å². The summed E-state index contributed by atoms with van der Waals surface area (Å²) in [5.74, 6) is -1.54. The highest BCUT2D eigenvalue weighted by molar-refractivity contribution is 5.95. The molecule has 7 nitrogen and oxygen atoms in total. The van der Waals surface area contributed by atoms with Gasteiger partial charge >= 0.3 is 5.97 Å². The van der Waals surface area contributed by atoms with E-state index in [4.69, 9.17) is 9.84 Å². The van der Waals surface area contributed by atoms with E-state index in [0.717, 1.165) is 0 Å². The summed E-state index contributed by atoms with van der Waals surface area (Å²) >= 11 is 0. The Hall–Kier alpha value is -2.57. The van der Waals surface area contributed by atoms with Gasteiger partial charge in [-0.1, -0.05) is 6.92 Å². The highest BCUT2D eigenvalue weighted by Crippen LogP contribution is 2.11. The number of carbonyl (C=O) groups excluding carboxylic acids is 2. The first-order valence-electron chi connectivity index (χ1n) is 6.37. The molecule has 0 aliphatic heterocycles. The molecule has 7 heteroatoms. The normalized spacial score (nSPS) is 11.3. The molecule has 1 atom stereocenters. The summed E-state index contributed by atoms with van der Waals surface area (Å²) in [5.41, 5.74) is 4.89. The van der Waals surface area contributed by atoms with Crippen LogP contribution in [0, 0.1) is 5.92 Å². The van der Waals surface area contributed by atoms with E-state index in [1.165, 1.54) is 7.11 Å². The second-order valence-electron chi connectivity index (χ2n) is 4.64. The molecule has 1 unspecified atom stereocenters. The minimum atomic E-state index is -0.961. The molecule has 0 spiro atoms. The third-order valence-corrected chi connectivity index (χ3v) is 2.72. The lowest BCUT2D eigenvalue weighted by atomic mass is 10.0. The van der Waals surface area contributed by atoms with Gasteiger partial charge in [0.25, 0.3) is 5.91 Å². The lowest BCUT2D eigenvalue weighted by Crippen LogP contribution is -2.42. The number of carboxylic acid groups (broad SMARTS) is 1. The molecule has 0 heterocycles. The Balaban J connectivity index is 2.41. The van der Waals surface area contributed by atoms with Crippen molar-refractivity contribution in [3.05, 3.63) is 29.8 Å². The van der Waals surface area contributed by atoms with E-state index in [1.807, 2.05) is 0 Å². The number of nitrogens with one attached hydrogen (secondary N) is 2. The second kappa shape index (κ2) is 7.88. The number of hydrogen-bond acceptors (Lipinski definition) is 4. The minimum absolute atomic E-state index is 0.0230. The van der Waals surface area contributed by atoms with Crippen LogP contribution in [-0.2, 0) is 9.59 Å². The van der Waals surface area contributed by atoms with Crippen molar-refractivity contribution in [3.8, 4) is 5.75 Å². The van der Waals surface area contributed by atoms with Crippen LogP contribution in [0.2, 0.25) is 0 Å². The van der Waals surface area contributed by atoms with E-state index < -0.39 is 17.8 Å². The van der Waals surface area contributed by atoms with E-state index in [1.54, 1.807) is 31.2 Å². The van der Waals surface area contributed by atoms with E-state index in [2.05, 4.69) is 10.9 Å². The van der Waals surface area contributed by atoms with Crippen molar-refractivity contribution in [1.82, 2.24) is 10.9 Å². The van der Waals surface area contributed by atoms with Gasteiger partial charge in [0.05, 0.1) is 7.11 Å². The van der Waals surface area contributed by atoms with Crippen molar-refractivity contribution in [2.45, 2.75) is 19.8 Å². The molecule has 0 aliphatic carbocycles. The molecular formula is C14H18N2O5. The second-order valence-corrected chi connectivity index (χ2v) is 4.64. The van der Waals surface area contributed by atoms with Gasteiger partial charge in [0, 0.05) is 18.4 Å². The van der Waals surface area contributed by atoms with Crippen LogP contribution in [0.1, 0.15) is 30.1 Å². The maximum absolute atomic E-state index is 11.8. The zero-order valence-electron chi connectivity index (χ0n) is 11.9. The number of carboxylic acids is 1. The maximum atomic E-state index is 11.8. The van der Waals surface area contributed by atoms with Crippen LogP contribution in [0.3, 0.4) is 0 Å². The minimum Gasteiger partial charge on any atom is -0.497 e. The summed E-state index contributed by atoms with van der Waals surface area (Å²) in [7, 11) is 1.52. The molecule has 0 saturated carbocycles. The Morgan fingerprint density at radius 2 is 1.76 bits per heavy atom. The fourth-order valence-electron chi connectivity index (χ4n) is 1.68. The van der Waals surface area contributed by atoms with Crippen LogP contribution in [0.4, 0.5) is 0 Å². The molecule has 1 rings (SSSR count). The third kappa shape index (κ3) is 5.94. The monoisotopic (exact) mass is 294 g/mol. The summed E-state index contributed by atoms with van der Waals surface area (Å²) in [6.07, 6.45) is -0.0744. The number of rotatable bonds is 6. The van der Waals surface area contributed by atoms with Crippen LogP contribution in [0.25, 0.3) is 0 Å². The molecule has 0 bridgehead atoms. The Kier molecular flexibility index (Phi) is 6.19. The molecule has 0 saturated heterocycles. The predicted octanol–water partition coefficient (Wildman–Crippen LogP) is 0.957. The van der Waals surface area contributed by atoms with Gasteiger partial charge in [-0.25, -0.2) is 0 Å². The van der Waals surface area contributed by atoms with E-state index in [0.29, 0.717) is 11.3 Å². The first-order valence-corrected chi connectivity index (χ1v) is 6.37. The van der Waals surface area contributed by atoms with Crippen LogP contribution in [-0.4, -0.2) is 30.0 Å². The first kappa shape index (κ1) is 16.5. The number of aliphatic carboxylic acids is 1. The average molecular weight is 294 g/mol. The number of benzene rings is 1. The van der Waals surface area contributed by atoms with Crippen molar-refractivity contribution in [2.24, 2.45) is 5.92 Å². The molecule has 114 valence electrons. The fourth-order valence-corrected chi connectivity index (χ4v) is 1.68. The molecule has 0 aliphatic rings. The maximum Gasteiger partial charge on any atom is 0.303 e. The highest BCUT2D eigenvalue weighted by Gasteiger charge is 2.13. The number of hydrogen-bond donors (Lipinski definition) is 3. The number of methoxy groups -OCH3 is 1. The molecule has 2 amide bonds. The molecule has 21 heavy (non-hydrogen) atoms. The molecular weight excluding hydrogens is 276 g/mol. The van der Waals surface area contributed by atoms with Gasteiger partial charge in [0.2, 0.25) is 5.91 Å². The quantitative estimate of drug-likeness (QED) is 0.678. The Labute approximate surface area is 122 Å². The molecule has 1 aromatic carbocycles. The van der Waals surface area contributed by atoms with Crippen molar-refractivity contribution >= 4 is 17.8 Å². The van der Waals surface area contributed by atoms with Gasteiger partial charge in [0.15, 0.2) is 0 Å². The van der Waals surface area contributed by atoms with E-state index in [9.17, 15) is 14.4 Å². The van der Waals surface area contributed by atoms with Crippen LogP contribution < -0.4 is 15.6 Å². The van der Waals surface area contributed by atoms with Crippen LogP contribution in [0.5, 0.6) is 5.75 Å². The molecule has 0 aromatic heterocycles. The smallest absolute Gasteiger partial charge is 0.303 e. The van der Waals surface area contributed by atoms with Crippen LogP contribution in [0.15, 0.2) is 24.3 Å². The third-order valence-electron chi connectivity index (χ3n) is 2.72. The largest absolute Gasteiger partial charge is 0.497 e. The summed E-state index contributed by atoms with van der Waals surface area (Å²) in [6.45, 7) is 1.65. The van der Waals surface area contributed by atoms with Gasteiger partial charge in [-0.05, 0) is 30.2 Å². The summed E-state index contributed by atoms with van der Waals surface area (Å²) in [4.78, 5) is 33.8. The van der Waals surface area contributed by atoms with Gasteiger partial charge in [-0.2, -0.15) is 0 Å². The van der Waals surface area contributed by atoms with Crippen molar-refractivity contribution in [1.29, 1.82) is 0 Å². The fraction of sp³-hybridized carbons (Fsp3) is 0.357. The topological polar surface area (TPSA) is 105 Å². The zero-order chi connectivity index (χ0) is 15.8. The van der Waals surface area contributed by atoms with E-state index >= 15 is 0 Å². The zero-order valence-corrected chi connectivity index (χ0v) is 11.9. The molecule has 0 fully saturated rings. The van der Waals surface area contributed by atoms with Crippen molar-refractivity contribution < 1.29 is 24.2 Å². The van der Waals surface area contributed by atoms with E-state index in [-0.39, 0.29) is 18.8 Å². The van der Waals surface area contributed by atoms with Crippen molar-refractivity contribution in [3.63, 3.8) is 0 Å². The predicted molar refractivity (Wildman–Crippen MR) is 74.6 cm³/mol. The number of hydrazine groups is 1. The Bertz CT molecular complexity index is 513. The molecule has 0 radical (unpaired) electrons. The number of ether oxygens (including phenoxy) is 1. The molecule has 1 aromatic rings. The number of amides is 2. The average Bonchev–Trinajstić information content (AvgIpc) is 2.43. The SMILES string of the molecule is COc1ccc(C(=O)NNC(=O)CC(C)CC(=O)O)cc1. The van der Waals surface area contributed by atoms with Gasteiger partial charge in [-0.15, -0.1) is 0 Å². The number of carbonyl (C=O) groups is 3. The lowest BCUT2D eigenvalue weighted by Gasteiger charge is -2.10. The first-order chi connectivity index (χ1) is 9.92. The standard InChI is InChI=1S/C14H18N2O5/c1-9(8-13(18)19)7-12(17)15-16-14(20)10-3-5-11(21-2)6-4-10/h3-6,9H,7-8H2,1-2H3,(H,15,17)(H,16,20)(H,18,19). The highest BCUT2D eigenvalue weighted by atomic mass is 16.5.